The Morgan fingerprint density at radius 1 is 1.15 bits per heavy atom. The second kappa shape index (κ2) is 8.17. The molecule has 0 atom stereocenters. The number of thioether (sulfide) groups is 1. The van der Waals surface area contributed by atoms with E-state index in [1.807, 2.05) is 24.3 Å². The molecule has 0 fully saturated rings. The molecule has 3 aromatic rings. The van der Waals surface area contributed by atoms with Gasteiger partial charge >= 0.3 is 0 Å². The molecule has 1 amide bonds. The maximum Gasteiger partial charge on any atom is 0.240 e. The Morgan fingerprint density at radius 3 is 2.58 bits per heavy atom. The van der Waals surface area contributed by atoms with Crippen LogP contribution in [0.15, 0.2) is 57.8 Å². The highest BCUT2D eigenvalue weighted by atomic mass is 32.2. The molecule has 136 valence electrons. The Balaban J connectivity index is 1.57. The summed E-state index contributed by atoms with van der Waals surface area (Å²) in [6.45, 7) is 2.04. The van der Waals surface area contributed by atoms with Gasteiger partial charge in [0.2, 0.25) is 15.9 Å². The molecule has 2 N–H and O–H groups in total. The lowest BCUT2D eigenvalue weighted by atomic mass is 10.3. The summed E-state index contributed by atoms with van der Waals surface area (Å²) in [5.41, 5.74) is 1.48. The second-order valence-electron chi connectivity index (χ2n) is 5.31. The summed E-state index contributed by atoms with van der Waals surface area (Å²) in [4.78, 5) is 16.7. The van der Waals surface area contributed by atoms with Crippen LogP contribution in [0, 0.1) is 0 Å². The van der Waals surface area contributed by atoms with Gasteiger partial charge in [-0.05, 0) is 36.4 Å². The molecule has 6 nitrogen and oxygen atoms in total. The zero-order valence-electron chi connectivity index (χ0n) is 13.9. The van der Waals surface area contributed by atoms with E-state index in [-0.39, 0.29) is 16.6 Å². The van der Waals surface area contributed by atoms with E-state index in [0.717, 1.165) is 14.6 Å². The molecule has 0 saturated carbocycles. The molecule has 0 bridgehead atoms. The van der Waals surface area contributed by atoms with Gasteiger partial charge in [0.25, 0.3) is 0 Å². The number of sulfonamides is 1. The minimum Gasteiger partial charge on any atom is -0.325 e. The smallest absolute Gasteiger partial charge is 0.240 e. The highest BCUT2D eigenvalue weighted by molar-refractivity contribution is 8.01. The van der Waals surface area contributed by atoms with E-state index in [1.165, 1.54) is 23.9 Å². The number of aromatic nitrogens is 1. The largest absolute Gasteiger partial charge is 0.325 e. The fourth-order valence-electron chi connectivity index (χ4n) is 2.23. The van der Waals surface area contributed by atoms with Crippen LogP contribution in [0.3, 0.4) is 0 Å². The van der Waals surface area contributed by atoms with E-state index in [9.17, 15) is 13.2 Å². The number of para-hydroxylation sites is 1. The number of anilines is 1. The van der Waals surface area contributed by atoms with Gasteiger partial charge in [-0.25, -0.2) is 18.1 Å². The SMILES string of the molecule is CCNS(=O)(=O)c1ccc(NC(=O)CSc2nc3ccccc3s2)cc1. The van der Waals surface area contributed by atoms with Crippen molar-refractivity contribution >= 4 is 54.9 Å². The molecule has 0 aliphatic rings. The van der Waals surface area contributed by atoms with Crippen molar-refractivity contribution < 1.29 is 13.2 Å². The molecule has 26 heavy (non-hydrogen) atoms. The Labute approximate surface area is 160 Å². The zero-order valence-corrected chi connectivity index (χ0v) is 16.4. The lowest BCUT2D eigenvalue weighted by Crippen LogP contribution is -2.23. The van der Waals surface area contributed by atoms with E-state index in [2.05, 4.69) is 15.0 Å². The van der Waals surface area contributed by atoms with Crippen LogP contribution in [0.5, 0.6) is 0 Å². The summed E-state index contributed by atoms with van der Waals surface area (Å²) in [6, 6.07) is 13.9. The van der Waals surface area contributed by atoms with E-state index in [4.69, 9.17) is 0 Å². The quantitative estimate of drug-likeness (QED) is 0.587. The van der Waals surface area contributed by atoms with Gasteiger partial charge in [-0.1, -0.05) is 30.8 Å². The molecule has 0 saturated heterocycles. The van der Waals surface area contributed by atoms with Gasteiger partial charge in [0.05, 0.1) is 20.9 Å². The number of hydrogen-bond acceptors (Lipinski definition) is 6. The third-order valence-corrected chi connectivity index (χ3v) is 7.12. The molecule has 1 heterocycles. The maximum atomic E-state index is 12.1. The van der Waals surface area contributed by atoms with E-state index in [1.54, 1.807) is 30.4 Å². The average Bonchev–Trinajstić information content (AvgIpc) is 3.03. The minimum absolute atomic E-state index is 0.168. The number of thiazole rings is 1. The maximum absolute atomic E-state index is 12.1. The first kappa shape index (κ1) is 18.8. The molecule has 3 rings (SSSR count). The molecule has 2 aromatic carbocycles. The van der Waals surface area contributed by atoms with Crippen molar-refractivity contribution in [3.63, 3.8) is 0 Å². The van der Waals surface area contributed by atoms with Gasteiger partial charge in [0.1, 0.15) is 0 Å². The molecule has 0 unspecified atom stereocenters. The number of nitrogens with one attached hydrogen (secondary N) is 2. The number of fused-ring (bicyclic) bond motifs is 1. The third kappa shape index (κ3) is 4.61. The van der Waals surface area contributed by atoms with Crippen LogP contribution < -0.4 is 10.0 Å². The van der Waals surface area contributed by atoms with Gasteiger partial charge in [-0.15, -0.1) is 11.3 Å². The van der Waals surface area contributed by atoms with Crippen LogP contribution in [-0.4, -0.2) is 31.6 Å². The highest BCUT2D eigenvalue weighted by Crippen LogP contribution is 2.29. The lowest BCUT2D eigenvalue weighted by molar-refractivity contribution is -0.113. The first-order valence-corrected chi connectivity index (χ1v) is 11.1. The third-order valence-electron chi connectivity index (χ3n) is 3.38. The molecular formula is C17H17N3O3S3. The van der Waals surface area contributed by atoms with Crippen molar-refractivity contribution in [2.24, 2.45) is 0 Å². The van der Waals surface area contributed by atoms with Gasteiger partial charge in [-0.3, -0.25) is 4.79 Å². The predicted molar refractivity (Wildman–Crippen MR) is 106 cm³/mol. The number of hydrogen-bond donors (Lipinski definition) is 2. The molecule has 1 aromatic heterocycles. The molecule has 0 aliphatic carbocycles. The first-order chi connectivity index (χ1) is 12.5. The standard InChI is InChI=1S/C17H17N3O3S3/c1-2-18-26(22,23)13-9-7-12(8-10-13)19-16(21)11-24-17-20-14-5-3-4-6-15(14)25-17/h3-10,18H,2,11H2,1H3,(H,19,21). The van der Waals surface area contributed by atoms with Gasteiger partial charge in [-0.2, -0.15) is 0 Å². The number of carbonyl (C=O) groups is 1. The van der Waals surface area contributed by atoms with Crippen LogP contribution >= 0.6 is 23.1 Å². The predicted octanol–water partition coefficient (Wildman–Crippen LogP) is 3.33. The van der Waals surface area contributed by atoms with Gasteiger partial charge < -0.3 is 5.32 Å². The van der Waals surface area contributed by atoms with E-state index < -0.39 is 10.0 Å². The Bertz CT molecular complexity index is 981. The summed E-state index contributed by atoms with van der Waals surface area (Å²) in [5, 5.41) is 2.76. The first-order valence-electron chi connectivity index (χ1n) is 7.86. The van der Waals surface area contributed by atoms with Crippen LogP contribution in [-0.2, 0) is 14.8 Å². The van der Waals surface area contributed by atoms with Crippen LogP contribution in [0.1, 0.15) is 6.92 Å². The number of benzene rings is 2. The number of carbonyl (C=O) groups excluding carboxylic acids is 1. The van der Waals surface area contributed by atoms with Crippen molar-refractivity contribution in [2.75, 3.05) is 17.6 Å². The normalized spacial score (nSPS) is 11.6. The molecule has 0 aliphatic heterocycles. The van der Waals surface area contributed by atoms with Crippen LogP contribution in [0.4, 0.5) is 5.69 Å². The van der Waals surface area contributed by atoms with Gasteiger partial charge in [0.15, 0.2) is 4.34 Å². The van der Waals surface area contributed by atoms with Crippen LogP contribution in [0.2, 0.25) is 0 Å². The minimum atomic E-state index is -3.49. The lowest BCUT2D eigenvalue weighted by Gasteiger charge is -2.07. The van der Waals surface area contributed by atoms with E-state index in [0.29, 0.717) is 12.2 Å². The molecule has 0 radical (unpaired) electrons. The van der Waals surface area contributed by atoms with Crippen LogP contribution in [0.25, 0.3) is 10.2 Å². The zero-order chi connectivity index (χ0) is 18.6. The number of rotatable bonds is 7. The summed E-state index contributed by atoms with van der Waals surface area (Å²) >= 11 is 2.93. The summed E-state index contributed by atoms with van der Waals surface area (Å²) < 4.78 is 28.1. The topological polar surface area (TPSA) is 88.2 Å². The average molecular weight is 408 g/mol. The number of nitrogens with zero attached hydrogens (tertiary/aromatic N) is 1. The summed E-state index contributed by atoms with van der Waals surface area (Å²) in [5.74, 6) is 0.0635. The van der Waals surface area contributed by atoms with Crippen molar-refractivity contribution in [2.45, 2.75) is 16.2 Å². The summed E-state index contributed by atoms with van der Waals surface area (Å²) in [6.07, 6.45) is 0. The van der Waals surface area contributed by atoms with Crippen molar-refractivity contribution in [1.29, 1.82) is 0 Å². The molecule has 9 heteroatoms. The van der Waals surface area contributed by atoms with Crippen molar-refractivity contribution in [1.82, 2.24) is 9.71 Å². The molecular weight excluding hydrogens is 390 g/mol. The molecule has 0 spiro atoms. The summed E-state index contributed by atoms with van der Waals surface area (Å²) in [7, 11) is -3.49. The Hall–Kier alpha value is -1.94. The van der Waals surface area contributed by atoms with Crippen molar-refractivity contribution in [3.8, 4) is 0 Å². The highest BCUT2D eigenvalue weighted by Gasteiger charge is 2.13. The monoisotopic (exact) mass is 407 g/mol. The Morgan fingerprint density at radius 2 is 1.88 bits per heavy atom. The Kier molecular flexibility index (Phi) is 5.92. The van der Waals surface area contributed by atoms with E-state index >= 15 is 0 Å². The van der Waals surface area contributed by atoms with Crippen molar-refractivity contribution in [3.05, 3.63) is 48.5 Å². The fourth-order valence-corrected chi connectivity index (χ4v) is 5.14. The number of amides is 1. The van der Waals surface area contributed by atoms with Gasteiger partial charge in [0, 0.05) is 12.2 Å². The second-order valence-corrected chi connectivity index (χ2v) is 9.33. The fraction of sp³-hybridized carbons (Fsp3) is 0.176.